The van der Waals surface area contributed by atoms with E-state index in [1.165, 1.54) is 38.5 Å². The molecule has 2 heteroatoms. The van der Waals surface area contributed by atoms with Gasteiger partial charge in [0.25, 0.3) is 0 Å². The molecule has 0 N–H and O–H groups in total. The molecule has 1 atom stereocenters. The Bertz CT molecular complexity index is 94.0. The summed E-state index contributed by atoms with van der Waals surface area (Å²) in [4.78, 5) is 0. The van der Waals surface area contributed by atoms with E-state index in [-0.39, 0.29) is 6.29 Å². The SMILES string of the molecule is COC1CCCCCCCCO1. The summed E-state index contributed by atoms with van der Waals surface area (Å²) < 4.78 is 10.7. The largest absolute Gasteiger partial charge is 0.356 e. The van der Waals surface area contributed by atoms with Crippen molar-refractivity contribution in [3.63, 3.8) is 0 Å². The van der Waals surface area contributed by atoms with Gasteiger partial charge in [-0.3, -0.25) is 0 Å². The first-order valence-corrected chi connectivity index (χ1v) is 5.08. The molecule has 1 rings (SSSR count). The van der Waals surface area contributed by atoms with Crippen LogP contribution in [0.5, 0.6) is 0 Å². The van der Waals surface area contributed by atoms with Gasteiger partial charge in [0.2, 0.25) is 0 Å². The molecule has 0 spiro atoms. The number of methoxy groups -OCH3 is 1. The normalized spacial score (nSPS) is 28.2. The van der Waals surface area contributed by atoms with Crippen molar-refractivity contribution < 1.29 is 9.47 Å². The van der Waals surface area contributed by atoms with Crippen LogP contribution in [0.4, 0.5) is 0 Å². The summed E-state index contributed by atoms with van der Waals surface area (Å²) in [5.41, 5.74) is 0. The maximum atomic E-state index is 5.55. The van der Waals surface area contributed by atoms with Gasteiger partial charge in [-0.15, -0.1) is 0 Å². The van der Waals surface area contributed by atoms with E-state index in [0.29, 0.717) is 0 Å². The highest BCUT2D eigenvalue weighted by molar-refractivity contribution is 4.52. The van der Waals surface area contributed by atoms with Crippen molar-refractivity contribution in [2.75, 3.05) is 13.7 Å². The molecule has 0 radical (unpaired) electrons. The third-order valence-corrected chi connectivity index (χ3v) is 2.40. The summed E-state index contributed by atoms with van der Waals surface area (Å²) in [6, 6.07) is 0. The van der Waals surface area contributed by atoms with Crippen LogP contribution in [0.3, 0.4) is 0 Å². The van der Waals surface area contributed by atoms with E-state index in [2.05, 4.69) is 0 Å². The van der Waals surface area contributed by atoms with Gasteiger partial charge in [0.15, 0.2) is 6.29 Å². The van der Waals surface area contributed by atoms with Crippen LogP contribution < -0.4 is 0 Å². The molecule has 0 aromatic heterocycles. The van der Waals surface area contributed by atoms with Crippen molar-refractivity contribution in [1.82, 2.24) is 0 Å². The fourth-order valence-electron chi connectivity index (χ4n) is 1.60. The van der Waals surface area contributed by atoms with Gasteiger partial charge in [0.05, 0.1) is 0 Å². The Labute approximate surface area is 75.2 Å². The van der Waals surface area contributed by atoms with Gasteiger partial charge in [0.1, 0.15) is 0 Å². The van der Waals surface area contributed by atoms with Crippen LogP contribution in [0, 0.1) is 0 Å². The summed E-state index contributed by atoms with van der Waals surface area (Å²) >= 11 is 0. The molecule has 0 aromatic rings. The Morgan fingerprint density at radius 1 is 1.00 bits per heavy atom. The van der Waals surface area contributed by atoms with Crippen molar-refractivity contribution >= 4 is 0 Å². The molecule has 72 valence electrons. The average Bonchev–Trinajstić information content (AvgIpc) is 2.14. The molecular formula is C10H20O2. The van der Waals surface area contributed by atoms with Crippen molar-refractivity contribution in [1.29, 1.82) is 0 Å². The topological polar surface area (TPSA) is 18.5 Å². The number of ether oxygens (including phenoxy) is 2. The Balaban J connectivity index is 2.17. The minimum absolute atomic E-state index is 0.0584. The molecule has 1 aliphatic rings. The van der Waals surface area contributed by atoms with Crippen LogP contribution in [-0.2, 0) is 9.47 Å². The van der Waals surface area contributed by atoms with Crippen LogP contribution in [0.1, 0.15) is 44.9 Å². The summed E-state index contributed by atoms with van der Waals surface area (Å²) in [5.74, 6) is 0. The fourth-order valence-corrected chi connectivity index (χ4v) is 1.60. The zero-order valence-corrected chi connectivity index (χ0v) is 8.05. The van der Waals surface area contributed by atoms with E-state index >= 15 is 0 Å². The van der Waals surface area contributed by atoms with E-state index in [1.54, 1.807) is 7.11 Å². The van der Waals surface area contributed by atoms with Crippen LogP contribution in [-0.4, -0.2) is 20.0 Å². The number of hydrogen-bond acceptors (Lipinski definition) is 2. The molecule has 1 saturated heterocycles. The minimum atomic E-state index is 0.0584. The predicted octanol–water partition coefficient (Wildman–Crippen LogP) is 2.72. The summed E-state index contributed by atoms with van der Waals surface area (Å²) in [7, 11) is 1.73. The first kappa shape index (κ1) is 10.0. The third kappa shape index (κ3) is 4.07. The number of rotatable bonds is 1. The second-order valence-corrected chi connectivity index (χ2v) is 3.45. The second-order valence-electron chi connectivity index (χ2n) is 3.45. The zero-order valence-electron chi connectivity index (χ0n) is 8.05. The lowest BCUT2D eigenvalue weighted by molar-refractivity contribution is -0.129. The summed E-state index contributed by atoms with van der Waals surface area (Å²) in [5, 5.41) is 0. The van der Waals surface area contributed by atoms with E-state index in [4.69, 9.17) is 9.47 Å². The molecular weight excluding hydrogens is 152 g/mol. The van der Waals surface area contributed by atoms with E-state index < -0.39 is 0 Å². The molecule has 2 nitrogen and oxygen atoms in total. The Morgan fingerprint density at radius 3 is 2.42 bits per heavy atom. The van der Waals surface area contributed by atoms with Crippen LogP contribution in [0.15, 0.2) is 0 Å². The fraction of sp³-hybridized carbons (Fsp3) is 1.00. The smallest absolute Gasteiger partial charge is 0.157 e. The molecule has 0 aromatic carbocycles. The highest BCUT2D eigenvalue weighted by Gasteiger charge is 2.07. The van der Waals surface area contributed by atoms with Crippen molar-refractivity contribution in [3.8, 4) is 0 Å². The number of hydrogen-bond donors (Lipinski definition) is 0. The van der Waals surface area contributed by atoms with Gasteiger partial charge >= 0.3 is 0 Å². The Morgan fingerprint density at radius 2 is 1.67 bits per heavy atom. The molecule has 0 aliphatic carbocycles. The van der Waals surface area contributed by atoms with Crippen LogP contribution in [0.2, 0.25) is 0 Å². The Hall–Kier alpha value is -0.0800. The molecule has 12 heavy (non-hydrogen) atoms. The maximum absolute atomic E-state index is 5.55. The minimum Gasteiger partial charge on any atom is -0.356 e. The van der Waals surface area contributed by atoms with Gasteiger partial charge in [-0.05, 0) is 19.3 Å². The van der Waals surface area contributed by atoms with Gasteiger partial charge in [0, 0.05) is 13.7 Å². The first-order chi connectivity index (χ1) is 5.93. The summed E-state index contributed by atoms with van der Waals surface area (Å²) in [6.07, 6.45) is 8.98. The van der Waals surface area contributed by atoms with Crippen molar-refractivity contribution in [2.45, 2.75) is 51.2 Å². The first-order valence-electron chi connectivity index (χ1n) is 5.08. The summed E-state index contributed by atoms with van der Waals surface area (Å²) in [6.45, 7) is 0.874. The lowest BCUT2D eigenvalue weighted by Crippen LogP contribution is -2.16. The molecule has 0 saturated carbocycles. The van der Waals surface area contributed by atoms with Crippen molar-refractivity contribution in [2.24, 2.45) is 0 Å². The molecule has 1 unspecified atom stereocenters. The third-order valence-electron chi connectivity index (χ3n) is 2.40. The van der Waals surface area contributed by atoms with E-state index in [1.807, 2.05) is 0 Å². The average molecular weight is 172 g/mol. The van der Waals surface area contributed by atoms with Crippen molar-refractivity contribution in [3.05, 3.63) is 0 Å². The molecule has 1 fully saturated rings. The highest BCUT2D eigenvalue weighted by Crippen LogP contribution is 2.13. The highest BCUT2D eigenvalue weighted by atomic mass is 16.7. The molecule has 1 heterocycles. The lowest BCUT2D eigenvalue weighted by atomic mass is 10.1. The molecule has 1 aliphatic heterocycles. The van der Waals surface area contributed by atoms with Gasteiger partial charge in [-0.2, -0.15) is 0 Å². The van der Waals surface area contributed by atoms with Gasteiger partial charge < -0.3 is 9.47 Å². The Kier molecular flexibility index (Phi) is 5.37. The molecule has 0 bridgehead atoms. The van der Waals surface area contributed by atoms with E-state index in [0.717, 1.165) is 13.0 Å². The quantitative estimate of drug-likeness (QED) is 0.605. The lowest BCUT2D eigenvalue weighted by Gasteiger charge is -2.17. The zero-order chi connectivity index (χ0) is 8.65. The second kappa shape index (κ2) is 6.44. The predicted molar refractivity (Wildman–Crippen MR) is 49.1 cm³/mol. The maximum Gasteiger partial charge on any atom is 0.157 e. The molecule has 0 amide bonds. The van der Waals surface area contributed by atoms with Gasteiger partial charge in [-0.1, -0.05) is 25.7 Å². The van der Waals surface area contributed by atoms with E-state index in [9.17, 15) is 0 Å². The van der Waals surface area contributed by atoms with Crippen LogP contribution >= 0.6 is 0 Å². The monoisotopic (exact) mass is 172 g/mol. The van der Waals surface area contributed by atoms with Crippen LogP contribution in [0.25, 0.3) is 0 Å². The standard InChI is InChI=1S/C10H20O2/c1-11-10-8-6-4-2-3-5-7-9-12-10/h10H,2-9H2,1H3. The van der Waals surface area contributed by atoms with Gasteiger partial charge in [-0.25, -0.2) is 0 Å².